The molecule has 1 heterocycles. The number of carbonyl (C=O) groups is 1. The number of rotatable bonds is 2. The lowest BCUT2D eigenvalue weighted by atomic mass is 10.1. The van der Waals surface area contributed by atoms with Crippen molar-refractivity contribution in [2.45, 2.75) is 13.0 Å². The Morgan fingerprint density at radius 2 is 2.27 bits per heavy atom. The molecule has 1 amide bonds. The minimum absolute atomic E-state index is 0.0912. The van der Waals surface area contributed by atoms with Crippen LogP contribution in [0.15, 0.2) is 18.2 Å². The third-order valence-electron chi connectivity index (χ3n) is 2.49. The van der Waals surface area contributed by atoms with Crippen LogP contribution >= 0.6 is 11.6 Å². The molecule has 0 bridgehead atoms. The van der Waals surface area contributed by atoms with Crippen LogP contribution in [0.5, 0.6) is 0 Å². The van der Waals surface area contributed by atoms with E-state index in [4.69, 9.17) is 11.6 Å². The average molecular weight is 225 g/mol. The summed E-state index contributed by atoms with van der Waals surface area (Å²) in [6.07, 6.45) is 0. The molecule has 1 aromatic carbocycles. The van der Waals surface area contributed by atoms with Crippen LogP contribution in [0, 0.1) is 6.92 Å². The number of carbonyl (C=O) groups excluding carboxylic acids is 1. The number of hydrogen-bond donors (Lipinski definition) is 2. The summed E-state index contributed by atoms with van der Waals surface area (Å²) < 4.78 is 0. The first-order valence-corrected chi connectivity index (χ1v) is 5.32. The van der Waals surface area contributed by atoms with Gasteiger partial charge in [-0.2, -0.15) is 0 Å². The Bertz CT molecular complexity index is 388. The Balaban J connectivity index is 2.10. The molecule has 0 aromatic heterocycles. The molecular weight excluding hydrogens is 212 g/mol. The first-order valence-electron chi connectivity index (χ1n) is 4.94. The highest BCUT2D eigenvalue weighted by Gasteiger charge is 2.20. The zero-order valence-electron chi connectivity index (χ0n) is 8.51. The number of amides is 1. The minimum Gasteiger partial charge on any atom is -0.347 e. The molecule has 1 fully saturated rings. The van der Waals surface area contributed by atoms with E-state index < -0.39 is 0 Å². The summed E-state index contributed by atoms with van der Waals surface area (Å²) in [4.78, 5) is 11.8. The van der Waals surface area contributed by atoms with Gasteiger partial charge in [0.1, 0.15) is 0 Å². The van der Waals surface area contributed by atoms with Crippen LogP contribution in [0.2, 0.25) is 5.02 Å². The Morgan fingerprint density at radius 3 is 2.80 bits per heavy atom. The van der Waals surface area contributed by atoms with Gasteiger partial charge in [-0.1, -0.05) is 17.7 Å². The summed E-state index contributed by atoms with van der Waals surface area (Å²) in [6, 6.07) is 5.70. The smallest absolute Gasteiger partial charge is 0.253 e. The largest absolute Gasteiger partial charge is 0.347 e. The van der Waals surface area contributed by atoms with Gasteiger partial charge in [-0.25, -0.2) is 0 Å². The van der Waals surface area contributed by atoms with Crippen LogP contribution in [-0.4, -0.2) is 25.0 Å². The molecule has 0 saturated carbocycles. The van der Waals surface area contributed by atoms with Gasteiger partial charge in [0.25, 0.3) is 5.91 Å². The van der Waals surface area contributed by atoms with E-state index in [-0.39, 0.29) is 11.9 Å². The average Bonchev–Trinajstić information content (AvgIpc) is 2.11. The summed E-state index contributed by atoms with van der Waals surface area (Å²) in [5.41, 5.74) is 1.61. The SMILES string of the molecule is Cc1ccc(C(=O)NC2CNC2)c(Cl)c1. The monoisotopic (exact) mass is 224 g/mol. The van der Waals surface area contributed by atoms with Crippen LogP contribution in [0.1, 0.15) is 15.9 Å². The van der Waals surface area contributed by atoms with Crippen LogP contribution in [0.3, 0.4) is 0 Å². The van der Waals surface area contributed by atoms with Crippen molar-refractivity contribution in [3.8, 4) is 0 Å². The minimum atomic E-state index is -0.0912. The predicted molar refractivity (Wildman–Crippen MR) is 60.3 cm³/mol. The Hall–Kier alpha value is -1.06. The standard InChI is InChI=1S/C11H13ClN2O/c1-7-2-3-9(10(12)4-7)11(15)14-8-5-13-6-8/h2-4,8,13H,5-6H2,1H3,(H,14,15). The fourth-order valence-electron chi connectivity index (χ4n) is 1.46. The lowest BCUT2D eigenvalue weighted by Crippen LogP contribution is -2.56. The number of benzene rings is 1. The molecule has 15 heavy (non-hydrogen) atoms. The van der Waals surface area contributed by atoms with E-state index in [2.05, 4.69) is 10.6 Å². The molecule has 0 unspecified atom stereocenters. The van der Waals surface area contributed by atoms with Gasteiger partial charge in [-0.15, -0.1) is 0 Å². The van der Waals surface area contributed by atoms with Gasteiger partial charge in [0.2, 0.25) is 0 Å². The van der Waals surface area contributed by atoms with E-state index in [9.17, 15) is 4.79 Å². The molecule has 80 valence electrons. The Labute approximate surface area is 93.8 Å². The molecule has 0 spiro atoms. The first kappa shape index (κ1) is 10.5. The van der Waals surface area contributed by atoms with Crippen molar-refractivity contribution in [1.29, 1.82) is 0 Å². The highest BCUT2D eigenvalue weighted by Crippen LogP contribution is 2.17. The molecule has 2 N–H and O–H groups in total. The van der Waals surface area contributed by atoms with Crippen molar-refractivity contribution in [2.75, 3.05) is 13.1 Å². The normalized spacial score (nSPS) is 15.9. The summed E-state index contributed by atoms with van der Waals surface area (Å²) in [6.45, 7) is 3.63. The zero-order valence-corrected chi connectivity index (χ0v) is 9.27. The van der Waals surface area contributed by atoms with Gasteiger partial charge in [0.05, 0.1) is 16.6 Å². The third-order valence-corrected chi connectivity index (χ3v) is 2.80. The number of nitrogens with one attached hydrogen (secondary N) is 2. The highest BCUT2D eigenvalue weighted by molar-refractivity contribution is 6.33. The van der Waals surface area contributed by atoms with E-state index in [0.29, 0.717) is 10.6 Å². The van der Waals surface area contributed by atoms with Gasteiger partial charge in [-0.3, -0.25) is 4.79 Å². The lowest BCUT2D eigenvalue weighted by molar-refractivity contribution is 0.0924. The number of hydrogen-bond acceptors (Lipinski definition) is 2. The molecule has 1 aliphatic heterocycles. The molecule has 2 rings (SSSR count). The highest BCUT2D eigenvalue weighted by atomic mass is 35.5. The van der Waals surface area contributed by atoms with E-state index in [0.717, 1.165) is 18.7 Å². The molecule has 1 aromatic rings. The van der Waals surface area contributed by atoms with Crippen molar-refractivity contribution in [2.24, 2.45) is 0 Å². The summed E-state index contributed by atoms with van der Waals surface area (Å²) >= 11 is 5.99. The number of halogens is 1. The molecule has 3 nitrogen and oxygen atoms in total. The topological polar surface area (TPSA) is 41.1 Å². The predicted octanol–water partition coefficient (Wildman–Crippen LogP) is 1.35. The fourth-order valence-corrected chi connectivity index (χ4v) is 1.78. The molecule has 0 radical (unpaired) electrons. The second kappa shape index (κ2) is 4.21. The quantitative estimate of drug-likeness (QED) is 0.796. The molecule has 0 atom stereocenters. The summed E-state index contributed by atoms with van der Waals surface area (Å²) in [5, 5.41) is 6.51. The maximum Gasteiger partial charge on any atom is 0.253 e. The third kappa shape index (κ3) is 2.30. The molecule has 0 aliphatic carbocycles. The van der Waals surface area contributed by atoms with Crippen LogP contribution in [0.25, 0.3) is 0 Å². The van der Waals surface area contributed by atoms with Gasteiger partial charge < -0.3 is 10.6 Å². The Kier molecular flexibility index (Phi) is 2.93. The van der Waals surface area contributed by atoms with E-state index in [1.165, 1.54) is 0 Å². The maximum atomic E-state index is 11.8. The van der Waals surface area contributed by atoms with E-state index in [1.54, 1.807) is 12.1 Å². The van der Waals surface area contributed by atoms with Crippen molar-refractivity contribution in [1.82, 2.24) is 10.6 Å². The van der Waals surface area contributed by atoms with Crippen molar-refractivity contribution >= 4 is 17.5 Å². The lowest BCUT2D eigenvalue weighted by Gasteiger charge is -2.28. The zero-order chi connectivity index (χ0) is 10.8. The van der Waals surface area contributed by atoms with E-state index in [1.807, 2.05) is 13.0 Å². The van der Waals surface area contributed by atoms with Crippen LogP contribution < -0.4 is 10.6 Å². The Morgan fingerprint density at radius 1 is 1.53 bits per heavy atom. The molecular formula is C11H13ClN2O. The van der Waals surface area contributed by atoms with Gasteiger partial charge in [0, 0.05) is 13.1 Å². The van der Waals surface area contributed by atoms with Crippen molar-refractivity contribution in [3.05, 3.63) is 34.3 Å². The molecule has 1 saturated heterocycles. The van der Waals surface area contributed by atoms with Gasteiger partial charge in [0.15, 0.2) is 0 Å². The van der Waals surface area contributed by atoms with Crippen LogP contribution in [-0.2, 0) is 0 Å². The second-order valence-corrected chi connectivity index (χ2v) is 4.22. The van der Waals surface area contributed by atoms with Gasteiger partial charge >= 0.3 is 0 Å². The summed E-state index contributed by atoms with van der Waals surface area (Å²) in [7, 11) is 0. The van der Waals surface area contributed by atoms with Crippen LogP contribution in [0.4, 0.5) is 0 Å². The second-order valence-electron chi connectivity index (χ2n) is 3.81. The van der Waals surface area contributed by atoms with Crippen molar-refractivity contribution < 1.29 is 4.79 Å². The molecule has 1 aliphatic rings. The summed E-state index contributed by atoms with van der Waals surface area (Å²) in [5.74, 6) is -0.0912. The fraction of sp³-hybridized carbons (Fsp3) is 0.364. The first-order chi connectivity index (χ1) is 7.16. The maximum absolute atomic E-state index is 11.8. The van der Waals surface area contributed by atoms with Gasteiger partial charge in [-0.05, 0) is 24.6 Å². The van der Waals surface area contributed by atoms with E-state index >= 15 is 0 Å². The van der Waals surface area contributed by atoms with Crippen molar-refractivity contribution in [3.63, 3.8) is 0 Å². The molecule has 4 heteroatoms. The number of aryl methyl sites for hydroxylation is 1.